The molecule has 3 atom stereocenters. The Bertz CT molecular complexity index is 750. The van der Waals surface area contributed by atoms with Crippen molar-refractivity contribution in [3.05, 3.63) is 0 Å². The summed E-state index contributed by atoms with van der Waals surface area (Å²) in [5.74, 6) is -2.32. The number of hydrogen-bond donors (Lipinski definition) is 1. The third-order valence-electron chi connectivity index (χ3n) is 6.53. The van der Waals surface area contributed by atoms with Gasteiger partial charge in [-0.25, -0.2) is 4.79 Å². The number of esters is 2. The highest BCUT2D eigenvalue weighted by Gasteiger charge is 2.61. The third kappa shape index (κ3) is 3.77. The Hall–Kier alpha value is -1.29. The Morgan fingerprint density at radius 1 is 1.21 bits per heavy atom. The minimum Gasteiger partial charge on any atom is -0.460 e. The smallest absolute Gasteiger partial charge is 0.460 e. The monoisotopic (exact) mass is 424 g/mol. The molecule has 3 unspecified atom stereocenters. The van der Waals surface area contributed by atoms with Crippen molar-refractivity contribution in [1.82, 2.24) is 0 Å². The molecule has 0 aromatic heterocycles. The summed E-state index contributed by atoms with van der Waals surface area (Å²) in [5.41, 5.74) is -1.30. The van der Waals surface area contributed by atoms with E-state index >= 15 is 0 Å². The molecule has 0 spiro atoms. The van der Waals surface area contributed by atoms with E-state index in [1.54, 1.807) is 6.92 Å². The Morgan fingerprint density at radius 2 is 1.79 bits per heavy atom. The van der Waals surface area contributed by atoms with Crippen LogP contribution >= 0.6 is 0 Å². The second-order valence-electron chi connectivity index (χ2n) is 8.94. The Kier molecular flexibility index (Phi) is 5.28. The van der Waals surface area contributed by atoms with Crippen molar-refractivity contribution < 1.29 is 40.8 Å². The lowest BCUT2D eigenvalue weighted by atomic mass is 9.48. The molecule has 0 aromatic carbocycles. The van der Waals surface area contributed by atoms with Crippen molar-refractivity contribution in [3.63, 3.8) is 0 Å². The van der Waals surface area contributed by atoms with E-state index < -0.39 is 32.4 Å². The zero-order valence-corrected chi connectivity index (χ0v) is 16.8. The molecule has 4 bridgehead atoms. The summed E-state index contributed by atoms with van der Waals surface area (Å²) in [4.78, 5) is 24.0. The molecule has 0 radical (unpaired) electrons. The zero-order valence-electron chi connectivity index (χ0n) is 15.9. The SMILES string of the molecule is CCC(C)C(=O)OC12CC3CC(CC(COC(=O)C(F)(F)S(=O)(=O)O)(C3)C1)C2. The molecule has 4 saturated carbocycles. The number of rotatable bonds is 7. The molecule has 4 rings (SSSR count). The average molecular weight is 424 g/mol. The van der Waals surface area contributed by atoms with Gasteiger partial charge < -0.3 is 9.47 Å². The van der Waals surface area contributed by atoms with Crippen LogP contribution in [0.4, 0.5) is 8.78 Å². The molecule has 1 N–H and O–H groups in total. The molecular weight excluding hydrogens is 398 g/mol. The number of alkyl halides is 2. The van der Waals surface area contributed by atoms with Crippen molar-refractivity contribution in [2.45, 2.75) is 69.6 Å². The summed E-state index contributed by atoms with van der Waals surface area (Å²) >= 11 is 0. The van der Waals surface area contributed by atoms with Crippen LogP contribution in [0.2, 0.25) is 0 Å². The quantitative estimate of drug-likeness (QED) is 0.495. The summed E-state index contributed by atoms with van der Waals surface area (Å²) in [6.07, 6.45) is 4.73. The Balaban J connectivity index is 1.74. The fourth-order valence-electron chi connectivity index (χ4n) is 5.54. The van der Waals surface area contributed by atoms with Crippen molar-refractivity contribution in [1.29, 1.82) is 0 Å². The largest absolute Gasteiger partial charge is 0.465 e. The minimum absolute atomic E-state index is 0.241. The number of hydrogen-bond acceptors (Lipinski definition) is 6. The molecule has 160 valence electrons. The fraction of sp³-hybridized carbons (Fsp3) is 0.889. The predicted molar refractivity (Wildman–Crippen MR) is 92.8 cm³/mol. The van der Waals surface area contributed by atoms with Gasteiger partial charge in [-0.3, -0.25) is 9.35 Å². The highest BCUT2D eigenvalue weighted by Crippen LogP contribution is 2.63. The number of carbonyl (C=O) groups is 2. The number of ether oxygens (including phenoxy) is 2. The highest BCUT2D eigenvalue weighted by molar-refractivity contribution is 7.87. The van der Waals surface area contributed by atoms with Gasteiger partial charge in [0.15, 0.2) is 0 Å². The molecular formula is C18H26F2O7S. The summed E-state index contributed by atoms with van der Waals surface area (Å²) in [7, 11) is -5.90. The van der Waals surface area contributed by atoms with Crippen molar-refractivity contribution in [3.8, 4) is 0 Å². The first-order valence-electron chi connectivity index (χ1n) is 9.56. The Labute approximate surface area is 162 Å². The van der Waals surface area contributed by atoms with E-state index in [2.05, 4.69) is 4.74 Å². The maximum Gasteiger partial charge on any atom is 0.465 e. The van der Waals surface area contributed by atoms with Gasteiger partial charge in [0.25, 0.3) is 0 Å². The lowest BCUT2D eigenvalue weighted by molar-refractivity contribution is -0.215. The molecule has 0 saturated heterocycles. The predicted octanol–water partition coefficient (Wildman–Crippen LogP) is 2.94. The molecule has 0 aromatic rings. The van der Waals surface area contributed by atoms with Crippen molar-refractivity contribution >= 4 is 22.1 Å². The molecule has 0 aliphatic heterocycles. The van der Waals surface area contributed by atoms with Gasteiger partial charge in [0, 0.05) is 5.41 Å². The summed E-state index contributed by atoms with van der Waals surface area (Å²) in [5, 5.41) is -5.00. The number of halogens is 2. The van der Waals surface area contributed by atoms with Crippen LogP contribution in [0.15, 0.2) is 0 Å². The van der Waals surface area contributed by atoms with Crippen molar-refractivity contribution in [2.24, 2.45) is 23.2 Å². The highest BCUT2D eigenvalue weighted by atomic mass is 32.2. The van der Waals surface area contributed by atoms with Crippen LogP contribution in [0.25, 0.3) is 0 Å². The number of carbonyl (C=O) groups excluding carboxylic acids is 2. The lowest BCUT2D eigenvalue weighted by Gasteiger charge is -2.61. The van der Waals surface area contributed by atoms with Gasteiger partial charge in [-0.1, -0.05) is 13.8 Å². The first-order valence-corrected chi connectivity index (χ1v) is 11.0. The van der Waals surface area contributed by atoms with Crippen LogP contribution < -0.4 is 0 Å². The zero-order chi connectivity index (χ0) is 21.0. The normalized spacial score (nSPS) is 35.5. The van der Waals surface area contributed by atoms with Gasteiger partial charge >= 0.3 is 27.3 Å². The Morgan fingerprint density at radius 3 is 2.29 bits per heavy atom. The van der Waals surface area contributed by atoms with E-state index in [1.165, 1.54) is 0 Å². The van der Waals surface area contributed by atoms with Crippen LogP contribution in [0.1, 0.15) is 58.8 Å². The van der Waals surface area contributed by atoms with Crippen LogP contribution in [-0.4, -0.2) is 42.4 Å². The van der Waals surface area contributed by atoms with E-state index in [9.17, 15) is 26.8 Å². The van der Waals surface area contributed by atoms with E-state index in [4.69, 9.17) is 9.29 Å². The van der Waals surface area contributed by atoms with Gasteiger partial charge in [0.05, 0.1) is 12.5 Å². The topological polar surface area (TPSA) is 107 Å². The molecule has 4 fully saturated rings. The van der Waals surface area contributed by atoms with Crippen molar-refractivity contribution in [2.75, 3.05) is 6.61 Å². The van der Waals surface area contributed by atoms with E-state index in [0.29, 0.717) is 38.5 Å². The van der Waals surface area contributed by atoms with Gasteiger partial charge in [-0.2, -0.15) is 17.2 Å². The standard InChI is InChI=1S/C18H26F2O7S/c1-3-11(2)14(21)27-17-7-12-4-13(8-17)6-16(5-12,9-17)10-26-15(22)18(19,20)28(23,24)25/h11-13H,3-10H2,1-2H3,(H,23,24,25). The summed E-state index contributed by atoms with van der Waals surface area (Å²) in [6, 6.07) is 0. The summed E-state index contributed by atoms with van der Waals surface area (Å²) in [6.45, 7) is 3.30. The second-order valence-corrected chi connectivity index (χ2v) is 10.4. The average Bonchev–Trinajstić information content (AvgIpc) is 2.56. The molecule has 0 amide bonds. The van der Waals surface area contributed by atoms with E-state index in [0.717, 1.165) is 6.42 Å². The summed E-state index contributed by atoms with van der Waals surface area (Å²) < 4.78 is 67.5. The van der Waals surface area contributed by atoms with Gasteiger partial charge in [-0.05, 0) is 56.8 Å². The minimum atomic E-state index is -5.90. The molecule has 4 aliphatic rings. The third-order valence-corrected chi connectivity index (χ3v) is 7.35. The van der Waals surface area contributed by atoms with Gasteiger partial charge in [-0.15, -0.1) is 0 Å². The second kappa shape index (κ2) is 6.90. The van der Waals surface area contributed by atoms with Gasteiger partial charge in [0.1, 0.15) is 5.60 Å². The first-order chi connectivity index (χ1) is 12.8. The maximum absolute atomic E-state index is 13.5. The van der Waals surface area contributed by atoms with Crippen LogP contribution in [0.5, 0.6) is 0 Å². The van der Waals surface area contributed by atoms with Crippen LogP contribution in [-0.2, 0) is 29.2 Å². The van der Waals surface area contributed by atoms with E-state index in [1.807, 2.05) is 6.92 Å². The van der Waals surface area contributed by atoms with Crippen LogP contribution in [0.3, 0.4) is 0 Å². The van der Waals surface area contributed by atoms with Crippen LogP contribution in [0, 0.1) is 23.2 Å². The molecule has 28 heavy (non-hydrogen) atoms. The first kappa shape index (κ1) is 21.4. The van der Waals surface area contributed by atoms with Gasteiger partial charge in [0.2, 0.25) is 0 Å². The lowest BCUT2D eigenvalue weighted by Crippen LogP contribution is -2.59. The molecule has 0 heterocycles. The molecule has 4 aliphatic carbocycles. The fourth-order valence-corrected chi connectivity index (χ4v) is 5.81. The maximum atomic E-state index is 13.5. The molecule has 10 heteroatoms. The van der Waals surface area contributed by atoms with E-state index in [-0.39, 0.29) is 30.3 Å². The molecule has 7 nitrogen and oxygen atoms in total.